The second-order valence-corrected chi connectivity index (χ2v) is 5.00. The quantitative estimate of drug-likeness (QED) is 0.536. The van der Waals surface area contributed by atoms with E-state index in [9.17, 15) is 14.9 Å². The van der Waals surface area contributed by atoms with Crippen molar-refractivity contribution in [2.75, 3.05) is 11.9 Å². The third kappa shape index (κ3) is 5.76. The van der Waals surface area contributed by atoms with E-state index in [4.69, 9.17) is 5.11 Å². The van der Waals surface area contributed by atoms with E-state index in [-0.39, 0.29) is 23.8 Å². The summed E-state index contributed by atoms with van der Waals surface area (Å²) in [5.41, 5.74) is 0.667. The van der Waals surface area contributed by atoms with Gasteiger partial charge in [-0.3, -0.25) is 14.9 Å². The van der Waals surface area contributed by atoms with Crippen LogP contribution in [0.5, 0.6) is 0 Å². The van der Waals surface area contributed by atoms with Gasteiger partial charge in [-0.05, 0) is 31.7 Å². The molecule has 1 rings (SSSR count). The molecule has 0 bridgehead atoms. The number of hydrogen-bond donors (Lipinski definition) is 2. The number of aliphatic carboxylic acids is 1. The van der Waals surface area contributed by atoms with Gasteiger partial charge in [0.1, 0.15) is 0 Å². The molecule has 0 radical (unpaired) electrons. The van der Waals surface area contributed by atoms with Gasteiger partial charge in [0.15, 0.2) is 0 Å². The molecule has 1 unspecified atom stereocenters. The fraction of sp³-hybridized carbons (Fsp3) is 0.571. The van der Waals surface area contributed by atoms with Gasteiger partial charge in [-0.25, -0.2) is 4.98 Å². The molecule has 0 fully saturated rings. The third-order valence-electron chi connectivity index (χ3n) is 3.40. The van der Waals surface area contributed by atoms with Crippen LogP contribution in [0.25, 0.3) is 0 Å². The Morgan fingerprint density at radius 2 is 2.19 bits per heavy atom. The van der Waals surface area contributed by atoms with Crippen LogP contribution in [0.3, 0.4) is 0 Å². The summed E-state index contributed by atoms with van der Waals surface area (Å²) in [6.07, 6.45) is 2.42. The highest BCUT2D eigenvalue weighted by atomic mass is 16.6. The fourth-order valence-electron chi connectivity index (χ4n) is 2.10. The lowest BCUT2D eigenvalue weighted by molar-refractivity contribution is -0.384. The van der Waals surface area contributed by atoms with Crippen molar-refractivity contribution in [3.05, 3.63) is 27.9 Å². The van der Waals surface area contributed by atoms with E-state index in [2.05, 4.69) is 10.3 Å². The fourth-order valence-corrected chi connectivity index (χ4v) is 2.10. The van der Waals surface area contributed by atoms with Crippen molar-refractivity contribution in [3.63, 3.8) is 0 Å². The molecule has 0 saturated heterocycles. The van der Waals surface area contributed by atoms with Gasteiger partial charge < -0.3 is 10.4 Å². The summed E-state index contributed by atoms with van der Waals surface area (Å²) in [7, 11) is 0. The Morgan fingerprint density at radius 1 is 1.48 bits per heavy atom. The number of anilines is 1. The van der Waals surface area contributed by atoms with Crippen LogP contribution in [-0.4, -0.2) is 27.5 Å². The van der Waals surface area contributed by atoms with E-state index in [1.807, 2.05) is 6.92 Å². The molecule has 0 aliphatic rings. The van der Waals surface area contributed by atoms with Crippen LogP contribution in [0.2, 0.25) is 0 Å². The molecular formula is C14H21N3O4. The van der Waals surface area contributed by atoms with Crippen LogP contribution in [0, 0.1) is 23.0 Å². The number of hydrogen-bond acceptors (Lipinski definition) is 5. The van der Waals surface area contributed by atoms with Gasteiger partial charge in [-0.1, -0.05) is 13.3 Å². The second-order valence-electron chi connectivity index (χ2n) is 5.00. The topological polar surface area (TPSA) is 105 Å². The number of nitrogens with one attached hydrogen (secondary N) is 1. The van der Waals surface area contributed by atoms with Crippen molar-refractivity contribution < 1.29 is 14.8 Å². The Bertz CT molecular complexity index is 505. The van der Waals surface area contributed by atoms with Crippen LogP contribution in [0.15, 0.2) is 12.1 Å². The zero-order chi connectivity index (χ0) is 15.8. The van der Waals surface area contributed by atoms with Gasteiger partial charge in [-0.15, -0.1) is 0 Å². The first-order valence-electron chi connectivity index (χ1n) is 7.01. The Balaban J connectivity index is 2.56. The molecule has 0 spiro atoms. The average Bonchev–Trinajstić information content (AvgIpc) is 2.42. The number of carboxylic acid groups (broad SMARTS) is 1. The molecule has 1 atom stereocenters. The van der Waals surface area contributed by atoms with Crippen molar-refractivity contribution in [2.45, 2.75) is 39.5 Å². The Morgan fingerprint density at radius 3 is 2.76 bits per heavy atom. The molecule has 2 N–H and O–H groups in total. The average molecular weight is 295 g/mol. The minimum absolute atomic E-state index is 0.0424. The first-order valence-corrected chi connectivity index (χ1v) is 7.01. The van der Waals surface area contributed by atoms with Crippen LogP contribution < -0.4 is 5.32 Å². The zero-order valence-electron chi connectivity index (χ0n) is 12.3. The first-order chi connectivity index (χ1) is 9.93. The van der Waals surface area contributed by atoms with Crippen molar-refractivity contribution >= 4 is 17.5 Å². The van der Waals surface area contributed by atoms with Crippen LogP contribution in [-0.2, 0) is 4.79 Å². The summed E-state index contributed by atoms with van der Waals surface area (Å²) >= 11 is 0. The summed E-state index contributed by atoms with van der Waals surface area (Å²) in [6.45, 7) is 4.33. The molecular weight excluding hydrogens is 274 g/mol. The Labute approximate surface area is 123 Å². The van der Waals surface area contributed by atoms with Gasteiger partial charge in [0.25, 0.3) is 0 Å². The van der Waals surface area contributed by atoms with E-state index in [1.165, 1.54) is 6.07 Å². The number of carbonyl (C=O) groups is 1. The largest absolute Gasteiger partial charge is 0.481 e. The highest BCUT2D eigenvalue weighted by molar-refractivity contribution is 5.66. The maximum atomic E-state index is 10.9. The predicted molar refractivity (Wildman–Crippen MR) is 79.4 cm³/mol. The van der Waals surface area contributed by atoms with Crippen molar-refractivity contribution in [1.29, 1.82) is 0 Å². The summed E-state index contributed by atoms with van der Waals surface area (Å²) < 4.78 is 0. The predicted octanol–water partition coefficient (Wildman–Crippen LogP) is 2.99. The highest BCUT2D eigenvalue weighted by Gasteiger charge is 2.15. The summed E-state index contributed by atoms with van der Waals surface area (Å²) in [6, 6.07) is 3.04. The second kappa shape index (κ2) is 8.18. The molecule has 7 heteroatoms. The molecule has 1 heterocycles. The normalized spacial score (nSPS) is 11.9. The minimum atomic E-state index is -0.794. The van der Waals surface area contributed by atoms with E-state index in [0.29, 0.717) is 18.7 Å². The maximum Gasteiger partial charge on any atom is 0.311 e. The summed E-state index contributed by atoms with van der Waals surface area (Å²) in [5, 5.41) is 22.6. The van der Waals surface area contributed by atoms with Gasteiger partial charge in [0.05, 0.1) is 4.92 Å². The van der Waals surface area contributed by atoms with Gasteiger partial charge >= 0.3 is 11.7 Å². The molecule has 1 aromatic rings. The van der Waals surface area contributed by atoms with Crippen LogP contribution in [0.4, 0.5) is 11.5 Å². The highest BCUT2D eigenvalue weighted by Crippen LogP contribution is 2.22. The minimum Gasteiger partial charge on any atom is -0.481 e. The van der Waals surface area contributed by atoms with Crippen molar-refractivity contribution in [3.8, 4) is 0 Å². The number of carboxylic acids is 1. The van der Waals surface area contributed by atoms with Crippen molar-refractivity contribution in [1.82, 2.24) is 4.98 Å². The molecule has 116 valence electrons. The number of aryl methyl sites for hydroxylation is 1. The molecule has 0 saturated carbocycles. The van der Waals surface area contributed by atoms with E-state index < -0.39 is 10.9 Å². The standard InChI is InChI=1S/C14H21N3O4/c1-3-11(5-7-13(18)19)8-9-15-14-12(17(20)21)6-4-10(2)16-14/h4,6,11H,3,5,7-9H2,1-2H3,(H,15,16)(H,18,19). The number of nitrogens with zero attached hydrogens (tertiary/aromatic N) is 2. The van der Waals surface area contributed by atoms with E-state index in [1.54, 1.807) is 13.0 Å². The molecule has 7 nitrogen and oxygen atoms in total. The van der Waals surface area contributed by atoms with Gasteiger partial charge in [-0.2, -0.15) is 0 Å². The Hall–Kier alpha value is -2.18. The molecule has 0 aliphatic carbocycles. The third-order valence-corrected chi connectivity index (χ3v) is 3.40. The summed E-state index contributed by atoms with van der Waals surface area (Å²) in [5.74, 6) is -0.233. The van der Waals surface area contributed by atoms with Crippen LogP contribution >= 0.6 is 0 Å². The molecule has 0 aromatic carbocycles. The number of rotatable bonds is 9. The smallest absolute Gasteiger partial charge is 0.311 e. The monoisotopic (exact) mass is 295 g/mol. The molecule has 0 amide bonds. The number of aromatic nitrogens is 1. The van der Waals surface area contributed by atoms with Gasteiger partial charge in [0.2, 0.25) is 5.82 Å². The van der Waals surface area contributed by atoms with Crippen LogP contribution in [0.1, 0.15) is 38.3 Å². The van der Waals surface area contributed by atoms with E-state index >= 15 is 0 Å². The first kappa shape index (κ1) is 16.9. The molecule has 1 aromatic heterocycles. The lowest BCUT2D eigenvalue weighted by Gasteiger charge is -2.14. The summed E-state index contributed by atoms with van der Waals surface area (Å²) in [4.78, 5) is 25.2. The lowest BCUT2D eigenvalue weighted by atomic mass is 9.97. The van der Waals surface area contributed by atoms with Crippen molar-refractivity contribution in [2.24, 2.45) is 5.92 Å². The van der Waals surface area contributed by atoms with Gasteiger partial charge in [0, 0.05) is 24.7 Å². The Kier molecular flexibility index (Phi) is 6.58. The molecule has 0 aliphatic heterocycles. The molecule has 21 heavy (non-hydrogen) atoms. The zero-order valence-corrected chi connectivity index (χ0v) is 12.3. The maximum absolute atomic E-state index is 10.9. The lowest BCUT2D eigenvalue weighted by Crippen LogP contribution is -2.12. The number of nitro groups is 1. The SMILES string of the molecule is CCC(CCNc1nc(C)ccc1[N+](=O)[O-])CCC(=O)O. The number of pyridine rings is 1. The van der Waals surface area contributed by atoms with E-state index in [0.717, 1.165) is 12.8 Å².